The van der Waals surface area contributed by atoms with Gasteiger partial charge >= 0.3 is 0 Å². The highest BCUT2D eigenvalue weighted by atomic mass is 32.1. The van der Waals surface area contributed by atoms with E-state index in [1.165, 1.54) is 0 Å². The summed E-state index contributed by atoms with van der Waals surface area (Å²) in [6.07, 6.45) is 3.35. The first-order valence-corrected chi connectivity index (χ1v) is 6.42. The third-order valence-electron chi connectivity index (χ3n) is 2.84. The van der Waals surface area contributed by atoms with Gasteiger partial charge in [0.1, 0.15) is 10.7 Å². The monoisotopic (exact) mass is 281 g/mol. The Morgan fingerprint density at radius 3 is 2.70 bits per heavy atom. The predicted octanol–water partition coefficient (Wildman–Crippen LogP) is 3.06. The molecule has 3 aromatic rings. The number of hydrogen-bond acceptors (Lipinski definition) is 4. The number of pyridine rings is 2. The molecule has 0 unspecified atom stereocenters. The van der Waals surface area contributed by atoms with E-state index in [-0.39, 0.29) is 0 Å². The summed E-state index contributed by atoms with van der Waals surface area (Å²) in [6.45, 7) is 0. The number of nitrogens with two attached hydrogens (primary N) is 1. The Hall–Kier alpha value is -2.53. The summed E-state index contributed by atoms with van der Waals surface area (Å²) in [5, 5.41) is 0.940. The normalized spacial score (nSPS) is 10.4. The number of aromatic nitrogens is 2. The van der Waals surface area contributed by atoms with E-state index in [1.54, 1.807) is 24.5 Å². The molecule has 0 saturated heterocycles. The third-order valence-corrected chi connectivity index (χ3v) is 3.08. The van der Waals surface area contributed by atoms with Gasteiger partial charge in [-0.15, -0.1) is 0 Å². The molecule has 0 spiro atoms. The van der Waals surface area contributed by atoms with E-state index in [1.807, 2.05) is 30.3 Å². The highest BCUT2D eigenvalue weighted by Crippen LogP contribution is 2.27. The van der Waals surface area contributed by atoms with Crippen LogP contribution in [0.3, 0.4) is 0 Å². The minimum atomic E-state index is 0.318. The molecule has 2 N–H and O–H groups in total. The lowest BCUT2D eigenvalue weighted by Gasteiger charge is -2.08. The summed E-state index contributed by atoms with van der Waals surface area (Å²) in [6, 6.07) is 13.1. The van der Waals surface area contributed by atoms with Gasteiger partial charge in [-0.3, -0.25) is 4.98 Å². The van der Waals surface area contributed by atoms with Gasteiger partial charge in [-0.1, -0.05) is 18.3 Å². The highest BCUT2D eigenvalue weighted by molar-refractivity contribution is 7.80. The van der Waals surface area contributed by atoms with Crippen LogP contribution in [0.15, 0.2) is 54.9 Å². The molecule has 1 aromatic carbocycles. The Bertz CT molecular complexity index is 766. The fraction of sp³-hybridized carbons (Fsp3) is 0. The van der Waals surface area contributed by atoms with Crippen molar-refractivity contribution in [3.8, 4) is 11.6 Å². The highest BCUT2D eigenvalue weighted by Gasteiger charge is 2.05. The molecule has 0 atom stereocenters. The fourth-order valence-electron chi connectivity index (χ4n) is 1.86. The molecule has 2 aromatic heterocycles. The summed E-state index contributed by atoms with van der Waals surface area (Å²) in [5.74, 6) is 1.20. The lowest BCUT2D eigenvalue weighted by atomic mass is 10.2. The van der Waals surface area contributed by atoms with Crippen molar-refractivity contribution in [3.05, 3.63) is 60.4 Å². The first-order valence-electron chi connectivity index (χ1n) is 6.01. The zero-order chi connectivity index (χ0) is 13.9. The van der Waals surface area contributed by atoms with Crippen LogP contribution >= 0.6 is 12.2 Å². The maximum atomic E-state index is 5.79. The summed E-state index contributed by atoms with van der Waals surface area (Å²) < 4.78 is 5.79. The fourth-order valence-corrected chi connectivity index (χ4v) is 1.98. The van der Waals surface area contributed by atoms with Crippen molar-refractivity contribution in [1.29, 1.82) is 0 Å². The molecule has 0 saturated carbocycles. The molecular formula is C15H11N3OS. The van der Waals surface area contributed by atoms with Crippen LogP contribution in [-0.4, -0.2) is 15.0 Å². The third kappa shape index (κ3) is 2.44. The van der Waals surface area contributed by atoms with Gasteiger partial charge in [0, 0.05) is 29.4 Å². The van der Waals surface area contributed by atoms with Crippen LogP contribution in [0.5, 0.6) is 11.6 Å². The van der Waals surface area contributed by atoms with E-state index in [0.29, 0.717) is 22.2 Å². The van der Waals surface area contributed by atoms with Crippen LogP contribution in [0.4, 0.5) is 0 Å². The van der Waals surface area contributed by atoms with Crippen LogP contribution < -0.4 is 10.5 Å². The van der Waals surface area contributed by atoms with Crippen molar-refractivity contribution >= 4 is 28.1 Å². The Balaban J connectivity index is 1.95. The number of ether oxygens (including phenoxy) is 1. The number of nitrogens with zero attached hydrogens (tertiary/aromatic N) is 2. The minimum absolute atomic E-state index is 0.318. The predicted molar refractivity (Wildman–Crippen MR) is 81.9 cm³/mol. The number of hydrogen-bond donors (Lipinski definition) is 1. The molecule has 98 valence electrons. The van der Waals surface area contributed by atoms with Crippen LogP contribution in [-0.2, 0) is 0 Å². The molecule has 0 radical (unpaired) electrons. The standard InChI is InChI=1S/C15H11N3OS/c16-15(20)10-6-7-14(18-9-10)19-13-5-1-4-12-11(13)3-2-8-17-12/h1-9H,(H2,16,20). The zero-order valence-electron chi connectivity index (χ0n) is 10.5. The molecule has 0 aliphatic rings. The van der Waals surface area contributed by atoms with Gasteiger partial charge in [-0.2, -0.15) is 0 Å². The Kier molecular flexibility index (Phi) is 3.26. The van der Waals surface area contributed by atoms with Gasteiger partial charge in [-0.25, -0.2) is 4.98 Å². The molecule has 2 heterocycles. The summed E-state index contributed by atoms with van der Waals surface area (Å²) >= 11 is 4.89. The molecular weight excluding hydrogens is 270 g/mol. The van der Waals surface area contributed by atoms with E-state index < -0.39 is 0 Å². The van der Waals surface area contributed by atoms with Gasteiger partial charge in [0.2, 0.25) is 5.88 Å². The Morgan fingerprint density at radius 1 is 1.05 bits per heavy atom. The molecule has 0 aliphatic carbocycles. The quantitative estimate of drug-likeness (QED) is 0.748. The molecule has 0 fully saturated rings. The number of thiocarbonyl (C=S) groups is 1. The lowest BCUT2D eigenvalue weighted by molar-refractivity contribution is 0.468. The largest absolute Gasteiger partial charge is 0.438 e. The molecule has 4 nitrogen and oxygen atoms in total. The van der Waals surface area contributed by atoms with Crippen LogP contribution in [0.1, 0.15) is 5.56 Å². The summed E-state index contributed by atoms with van der Waals surface area (Å²) in [4.78, 5) is 8.80. The minimum Gasteiger partial charge on any atom is -0.438 e. The second-order valence-electron chi connectivity index (χ2n) is 4.18. The number of benzene rings is 1. The van der Waals surface area contributed by atoms with Crippen molar-refractivity contribution in [2.75, 3.05) is 0 Å². The van der Waals surface area contributed by atoms with Crippen LogP contribution in [0, 0.1) is 0 Å². The zero-order valence-corrected chi connectivity index (χ0v) is 11.3. The van der Waals surface area contributed by atoms with Crippen molar-refractivity contribution < 1.29 is 4.74 Å². The smallest absolute Gasteiger partial charge is 0.219 e. The molecule has 0 aliphatic heterocycles. The van der Waals surface area contributed by atoms with Gasteiger partial charge in [-0.05, 0) is 30.3 Å². The molecule has 5 heteroatoms. The van der Waals surface area contributed by atoms with E-state index in [9.17, 15) is 0 Å². The van der Waals surface area contributed by atoms with Crippen molar-refractivity contribution in [2.45, 2.75) is 0 Å². The van der Waals surface area contributed by atoms with Crippen molar-refractivity contribution in [2.24, 2.45) is 5.73 Å². The van der Waals surface area contributed by atoms with Gasteiger partial charge < -0.3 is 10.5 Å². The van der Waals surface area contributed by atoms with E-state index in [2.05, 4.69) is 9.97 Å². The van der Waals surface area contributed by atoms with Gasteiger partial charge in [0.05, 0.1) is 5.52 Å². The maximum Gasteiger partial charge on any atom is 0.219 e. The van der Waals surface area contributed by atoms with Crippen molar-refractivity contribution in [1.82, 2.24) is 9.97 Å². The number of rotatable bonds is 3. The summed E-state index contributed by atoms with van der Waals surface area (Å²) in [7, 11) is 0. The number of fused-ring (bicyclic) bond motifs is 1. The first kappa shape index (κ1) is 12.5. The molecule has 0 amide bonds. The average Bonchev–Trinajstić information content (AvgIpc) is 2.48. The van der Waals surface area contributed by atoms with Crippen molar-refractivity contribution in [3.63, 3.8) is 0 Å². The molecule has 3 rings (SSSR count). The lowest BCUT2D eigenvalue weighted by Crippen LogP contribution is -2.09. The topological polar surface area (TPSA) is 61.0 Å². The second-order valence-corrected chi connectivity index (χ2v) is 4.62. The van der Waals surface area contributed by atoms with E-state index >= 15 is 0 Å². The maximum absolute atomic E-state index is 5.79. The van der Waals surface area contributed by atoms with Gasteiger partial charge in [0.25, 0.3) is 0 Å². The van der Waals surface area contributed by atoms with E-state index in [0.717, 1.165) is 10.9 Å². The molecule has 20 heavy (non-hydrogen) atoms. The Labute approximate surface area is 121 Å². The van der Waals surface area contributed by atoms with Gasteiger partial charge in [0.15, 0.2) is 0 Å². The Morgan fingerprint density at radius 2 is 1.95 bits per heavy atom. The molecule has 0 bridgehead atoms. The first-order chi connectivity index (χ1) is 9.74. The van der Waals surface area contributed by atoms with Crippen LogP contribution in [0.25, 0.3) is 10.9 Å². The SMILES string of the molecule is NC(=S)c1ccc(Oc2cccc3ncccc23)nc1. The second kappa shape index (κ2) is 5.22. The van der Waals surface area contributed by atoms with Crippen LogP contribution in [0.2, 0.25) is 0 Å². The summed E-state index contributed by atoms with van der Waals surface area (Å²) in [5.41, 5.74) is 7.13. The average molecular weight is 281 g/mol. The van der Waals surface area contributed by atoms with E-state index in [4.69, 9.17) is 22.7 Å².